The van der Waals surface area contributed by atoms with Gasteiger partial charge in [-0.05, 0) is 61.8 Å². The van der Waals surface area contributed by atoms with Crippen LogP contribution >= 0.6 is 0 Å². The van der Waals surface area contributed by atoms with Crippen molar-refractivity contribution in [2.45, 2.75) is 102 Å². The Balaban J connectivity index is 1.28. The number of hydrogen-bond donors (Lipinski definition) is 2. The summed E-state index contributed by atoms with van der Waals surface area (Å²) in [5.74, 6) is -0.332. The van der Waals surface area contributed by atoms with Gasteiger partial charge in [0.2, 0.25) is 17.7 Å². The van der Waals surface area contributed by atoms with Crippen LogP contribution in [0.5, 0.6) is 0 Å². The number of nitrogens with one attached hydrogen (secondary N) is 2. The Morgan fingerprint density at radius 3 is 2.60 bits per heavy atom. The number of rotatable bonds is 9. The zero-order valence-electron chi connectivity index (χ0n) is 24.0. The van der Waals surface area contributed by atoms with Crippen LogP contribution in [0.2, 0.25) is 0 Å². The van der Waals surface area contributed by atoms with Crippen LogP contribution in [-0.2, 0) is 30.1 Å². The minimum absolute atomic E-state index is 0.0308. The maximum Gasteiger partial charge on any atom is 0.481 e. The second-order valence-corrected chi connectivity index (χ2v) is 12.8. The van der Waals surface area contributed by atoms with E-state index in [0.29, 0.717) is 44.1 Å². The third kappa shape index (κ3) is 5.26. The first kappa shape index (κ1) is 28.6. The van der Waals surface area contributed by atoms with Gasteiger partial charge in [0, 0.05) is 26.3 Å². The lowest BCUT2D eigenvalue weighted by molar-refractivity contribution is -0.199. The fourth-order valence-electron chi connectivity index (χ4n) is 7.64. The minimum Gasteiger partial charge on any atom is -0.404 e. The molecule has 0 spiro atoms. The Morgan fingerprint density at radius 2 is 1.93 bits per heavy atom. The lowest BCUT2D eigenvalue weighted by atomic mass is 9.43. The molecule has 0 aromatic heterocycles. The second kappa shape index (κ2) is 11.2. The molecule has 10 heteroatoms. The highest BCUT2D eigenvalue weighted by molar-refractivity contribution is 6.48. The highest BCUT2D eigenvalue weighted by Gasteiger charge is 2.68. The van der Waals surface area contributed by atoms with Crippen molar-refractivity contribution in [3.05, 3.63) is 35.9 Å². The van der Waals surface area contributed by atoms with Crippen LogP contribution in [-0.4, -0.2) is 66.0 Å². The Morgan fingerprint density at radius 1 is 1.18 bits per heavy atom. The van der Waals surface area contributed by atoms with E-state index in [4.69, 9.17) is 9.31 Å². The van der Waals surface area contributed by atoms with Crippen molar-refractivity contribution >= 4 is 24.8 Å². The van der Waals surface area contributed by atoms with E-state index in [1.165, 1.54) is 6.92 Å². The summed E-state index contributed by atoms with van der Waals surface area (Å²) >= 11 is 0. The van der Waals surface area contributed by atoms with Crippen LogP contribution in [0.3, 0.4) is 0 Å². The van der Waals surface area contributed by atoms with Crippen molar-refractivity contribution in [2.24, 2.45) is 17.3 Å². The summed E-state index contributed by atoms with van der Waals surface area (Å²) in [5, 5.41) is 15.2. The Kier molecular flexibility index (Phi) is 8.00. The van der Waals surface area contributed by atoms with Gasteiger partial charge in [-0.3, -0.25) is 14.4 Å². The molecule has 3 aliphatic carbocycles. The predicted octanol–water partition coefficient (Wildman–Crippen LogP) is 2.78. The third-order valence-corrected chi connectivity index (χ3v) is 9.99. The summed E-state index contributed by atoms with van der Waals surface area (Å²) in [4.78, 5) is 40.9. The van der Waals surface area contributed by atoms with Gasteiger partial charge in [-0.25, -0.2) is 0 Å². The summed E-state index contributed by atoms with van der Waals surface area (Å²) in [7, 11) is -0.641. The molecule has 0 radical (unpaired) electrons. The van der Waals surface area contributed by atoms with Gasteiger partial charge in [-0.15, -0.1) is 0 Å². The summed E-state index contributed by atoms with van der Waals surface area (Å²) in [6.07, 6.45) is 4.26. The van der Waals surface area contributed by atoms with Gasteiger partial charge < -0.3 is 24.8 Å². The number of nitrogens with zero attached hydrogens (tertiary/aromatic N) is 2. The molecule has 5 fully saturated rings. The number of likely N-dealkylation sites (tertiary alicyclic amines) is 1. The van der Waals surface area contributed by atoms with Crippen molar-refractivity contribution in [3.8, 4) is 6.07 Å². The monoisotopic (exact) mass is 548 g/mol. The maximum absolute atomic E-state index is 13.7. The van der Waals surface area contributed by atoms with Crippen molar-refractivity contribution in [1.29, 1.82) is 5.26 Å². The molecule has 2 saturated heterocycles. The molecule has 40 heavy (non-hydrogen) atoms. The summed E-state index contributed by atoms with van der Waals surface area (Å²) in [5.41, 5.74) is 0.707. The number of carbonyl (C=O) groups is 3. The Labute approximate surface area is 237 Å². The van der Waals surface area contributed by atoms with Gasteiger partial charge in [0.05, 0.1) is 23.7 Å². The molecule has 1 aromatic rings. The van der Waals surface area contributed by atoms with E-state index in [2.05, 4.69) is 37.5 Å². The molecule has 2 N–H and O–H groups in total. The van der Waals surface area contributed by atoms with Crippen LogP contribution < -0.4 is 10.6 Å². The highest BCUT2D eigenvalue weighted by Crippen LogP contribution is 2.65. The molecule has 2 aliphatic heterocycles. The quantitative estimate of drug-likeness (QED) is 0.458. The zero-order valence-corrected chi connectivity index (χ0v) is 24.0. The van der Waals surface area contributed by atoms with Gasteiger partial charge in [0.1, 0.15) is 12.1 Å². The minimum atomic E-state index is -0.762. The van der Waals surface area contributed by atoms with E-state index in [9.17, 15) is 19.6 Å². The van der Waals surface area contributed by atoms with E-state index in [-0.39, 0.29) is 35.7 Å². The smallest absolute Gasteiger partial charge is 0.404 e. The second-order valence-electron chi connectivity index (χ2n) is 12.8. The van der Waals surface area contributed by atoms with E-state index >= 15 is 0 Å². The number of benzene rings is 1. The molecule has 2 bridgehead atoms. The molecule has 3 saturated carbocycles. The first-order valence-corrected chi connectivity index (χ1v) is 14.7. The van der Waals surface area contributed by atoms with Gasteiger partial charge in [-0.1, -0.05) is 44.2 Å². The zero-order chi connectivity index (χ0) is 28.7. The lowest BCUT2D eigenvalue weighted by Gasteiger charge is -2.64. The Hall–Kier alpha value is -2.90. The molecule has 214 valence electrons. The molecule has 7 atom stereocenters. The number of nitriles is 1. The van der Waals surface area contributed by atoms with Gasteiger partial charge >= 0.3 is 7.12 Å². The number of hydrogen-bond acceptors (Lipinski definition) is 6. The van der Waals surface area contributed by atoms with Crippen molar-refractivity contribution < 1.29 is 23.7 Å². The topological polar surface area (TPSA) is 121 Å². The first-order valence-electron chi connectivity index (χ1n) is 14.7. The average Bonchev–Trinajstić information content (AvgIpc) is 3.54. The first-order chi connectivity index (χ1) is 19.0. The van der Waals surface area contributed by atoms with E-state index in [1.807, 2.05) is 30.3 Å². The van der Waals surface area contributed by atoms with Gasteiger partial charge in [0.25, 0.3) is 0 Å². The normalized spacial score (nSPS) is 31.4. The highest BCUT2D eigenvalue weighted by atomic mass is 16.7. The fraction of sp³-hybridized carbons (Fsp3) is 0.667. The van der Waals surface area contributed by atoms with Crippen LogP contribution in [0.4, 0.5) is 0 Å². The summed E-state index contributed by atoms with van der Waals surface area (Å²) in [6, 6.07) is 10.3. The van der Waals surface area contributed by atoms with Gasteiger partial charge in [0.15, 0.2) is 0 Å². The van der Waals surface area contributed by atoms with E-state index in [0.717, 1.165) is 18.4 Å². The largest absolute Gasteiger partial charge is 0.481 e. The standard InChI is InChI=1S/C30H41BN4O5/c1-19(36)33-22(16-20-10-6-5-7-11-20)28(38)35-15-9-12-23(35)27(37)34-26(13-8-14-32)31-39-25-18-21-17-24(29(21,2)3)30(25,4)40-31/h5-7,10-11,21-26H,8-9,12-13,15-18H2,1-4H3,(H,33,36)(H,34,37)/t21-,22+,23-,24-,25+,26-,30-/m0/s1. The Bertz CT molecular complexity index is 1170. The van der Waals surface area contributed by atoms with Crippen LogP contribution in [0.15, 0.2) is 30.3 Å². The number of carbonyl (C=O) groups excluding carboxylic acids is 3. The van der Waals surface area contributed by atoms with E-state index < -0.39 is 30.7 Å². The molecule has 5 aliphatic rings. The molecule has 0 unspecified atom stereocenters. The molecule has 2 heterocycles. The maximum atomic E-state index is 13.7. The van der Waals surface area contributed by atoms with Crippen molar-refractivity contribution in [1.82, 2.24) is 15.5 Å². The molecule has 3 amide bonds. The van der Waals surface area contributed by atoms with Crippen LogP contribution in [0.1, 0.15) is 71.8 Å². The fourth-order valence-corrected chi connectivity index (χ4v) is 7.64. The molecule has 9 nitrogen and oxygen atoms in total. The predicted molar refractivity (Wildman–Crippen MR) is 149 cm³/mol. The van der Waals surface area contributed by atoms with E-state index in [1.54, 1.807) is 4.90 Å². The summed E-state index contributed by atoms with van der Waals surface area (Å²) in [6.45, 7) is 8.57. The molecular weight excluding hydrogens is 507 g/mol. The lowest BCUT2D eigenvalue weighted by Crippen LogP contribution is -2.65. The number of amides is 3. The molecule has 1 aromatic carbocycles. The van der Waals surface area contributed by atoms with Gasteiger partial charge in [-0.2, -0.15) is 5.26 Å². The summed E-state index contributed by atoms with van der Waals surface area (Å²) < 4.78 is 13.0. The molecular formula is C30H41BN4O5. The SMILES string of the molecule is CC(=O)N[C@H](Cc1ccccc1)C(=O)N1CCC[C@H]1C(=O)N[C@@H](CCC#N)B1O[C@@H]2C[C@@H]3C[C@@H](C3(C)C)[C@]2(C)O1. The van der Waals surface area contributed by atoms with Crippen molar-refractivity contribution in [2.75, 3.05) is 6.54 Å². The van der Waals surface area contributed by atoms with Crippen LogP contribution in [0.25, 0.3) is 0 Å². The van der Waals surface area contributed by atoms with Crippen LogP contribution in [0, 0.1) is 28.6 Å². The van der Waals surface area contributed by atoms with Crippen molar-refractivity contribution in [3.63, 3.8) is 0 Å². The molecule has 6 rings (SSSR count). The average molecular weight is 548 g/mol. The third-order valence-electron chi connectivity index (χ3n) is 9.99.